The van der Waals surface area contributed by atoms with Gasteiger partial charge >= 0.3 is 0 Å². The number of nitrogens with zero attached hydrogens (tertiary/aromatic N) is 1. The van der Waals surface area contributed by atoms with Crippen molar-refractivity contribution < 1.29 is 18.9 Å². The van der Waals surface area contributed by atoms with Gasteiger partial charge in [-0.15, -0.1) is 0 Å². The van der Waals surface area contributed by atoms with Crippen molar-refractivity contribution in [2.45, 2.75) is 12.6 Å². The van der Waals surface area contributed by atoms with Gasteiger partial charge in [-0.3, -0.25) is 4.90 Å². The Morgan fingerprint density at radius 2 is 1.93 bits per heavy atom. The molecule has 0 bridgehead atoms. The first-order chi connectivity index (χ1) is 13.7. The molecule has 2 heterocycles. The number of benzene rings is 2. The molecule has 4 rings (SSSR count). The molecule has 1 atom stereocenters. The van der Waals surface area contributed by atoms with Crippen LogP contribution in [0.2, 0.25) is 0 Å². The summed E-state index contributed by atoms with van der Waals surface area (Å²) in [5.41, 5.74) is 2.44. The minimum atomic E-state index is 0.279. The van der Waals surface area contributed by atoms with Gasteiger partial charge < -0.3 is 24.3 Å². The summed E-state index contributed by atoms with van der Waals surface area (Å²) >= 11 is 3.57. The average Bonchev–Trinajstić information content (AvgIpc) is 3.21. The Bertz CT molecular complexity index is 794. The molecule has 1 saturated heterocycles. The molecule has 1 unspecified atom stereocenters. The predicted octanol–water partition coefficient (Wildman–Crippen LogP) is 3.35. The van der Waals surface area contributed by atoms with E-state index >= 15 is 0 Å². The summed E-state index contributed by atoms with van der Waals surface area (Å²) in [6.45, 7) is 5.32. The standard InChI is InChI=1S/C21H25BrN2O4/c1-25-17-4-2-16(3-5-17)19(24-6-8-26-9-7-24)13-23-12-15-10-18(22)21-20(11-15)27-14-28-21/h2-5,10-11,19,23H,6-9,12-14H2,1H3. The lowest BCUT2D eigenvalue weighted by Crippen LogP contribution is -2.42. The van der Waals surface area contributed by atoms with Gasteiger partial charge in [-0.05, 0) is 51.3 Å². The first kappa shape index (κ1) is 19.5. The summed E-state index contributed by atoms with van der Waals surface area (Å²) < 4.78 is 22.8. The van der Waals surface area contributed by atoms with Crippen molar-refractivity contribution in [3.63, 3.8) is 0 Å². The molecular weight excluding hydrogens is 424 g/mol. The smallest absolute Gasteiger partial charge is 0.231 e. The first-order valence-electron chi connectivity index (χ1n) is 9.49. The second-order valence-electron chi connectivity index (χ2n) is 6.88. The van der Waals surface area contributed by atoms with Crippen LogP contribution in [0, 0.1) is 0 Å². The van der Waals surface area contributed by atoms with Crippen LogP contribution < -0.4 is 19.5 Å². The second-order valence-corrected chi connectivity index (χ2v) is 7.73. The lowest BCUT2D eigenvalue weighted by Gasteiger charge is -2.35. The molecule has 0 amide bonds. The number of morpholine rings is 1. The third kappa shape index (κ3) is 4.43. The molecular formula is C21H25BrN2O4. The Morgan fingerprint density at radius 1 is 1.14 bits per heavy atom. The molecule has 2 aliphatic rings. The van der Waals surface area contributed by atoms with Gasteiger partial charge in [-0.1, -0.05) is 12.1 Å². The van der Waals surface area contributed by atoms with Crippen molar-refractivity contribution in [3.8, 4) is 17.2 Å². The van der Waals surface area contributed by atoms with Gasteiger partial charge in [0.2, 0.25) is 6.79 Å². The van der Waals surface area contributed by atoms with Crippen LogP contribution in [0.1, 0.15) is 17.2 Å². The van der Waals surface area contributed by atoms with Crippen LogP contribution in [-0.4, -0.2) is 51.7 Å². The van der Waals surface area contributed by atoms with Crippen LogP contribution in [0.4, 0.5) is 0 Å². The number of nitrogens with one attached hydrogen (secondary N) is 1. The minimum absolute atomic E-state index is 0.279. The van der Waals surface area contributed by atoms with E-state index < -0.39 is 0 Å². The number of rotatable bonds is 7. The van der Waals surface area contributed by atoms with E-state index in [0.717, 1.165) is 66.7 Å². The zero-order valence-electron chi connectivity index (χ0n) is 15.9. The molecule has 28 heavy (non-hydrogen) atoms. The molecule has 0 aliphatic carbocycles. The molecule has 2 aromatic rings. The van der Waals surface area contributed by atoms with E-state index in [1.54, 1.807) is 7.11 Å². The molecule has 1 N–H and O–H groups in total. The van der Waals surface area contributed by atoms with Gasteiger partial charge in [-0.25, -0.2) is 0 Å². The Hall–Kier alpha value is -1.80. The van der Waals surface area contributed by atoms with Crippen LogP contribution in [0.3, 0.4) is 0 Å². The number of hydrogen-bond donors (Lipinski definition) is 1. The maximum absolute atomic E-state index is 5.54. The Kier molecular flexibility index (Phi) is 6.36. The van der Waals surface area contributed by atoms with Crippen molar-refractivity contribution in [3.05, 3.63) is 52.0 Å². The van der Waals surface area contributed by atoms with Gasteiger partial charge in [0.1, 0.15) is 5.75 Å². The lowest BCUT2D eigenvalue weighted by molar-refractivity contribution is 0.0161. The van der Waals surface area contributed by atoms with Crippen LogP contribution >= 0.6 is 15.9 Å². The molecule has 0 spiro atoms. The van der Waals surface area contributed by atoms with Gasteiger partial charge in [0.15, 0.2) is 11.5 Å². The molecule has 150 valence electrons. The molecule has 2 aromatic carbocycles. The zero-order chi connectivity index (χ0) is 19.3. The summed E-state index contributed by atoms with van der Waals surface area (Å²) in [5.74, 6) is 2.46. The fraction of sp³-hybridized carbons (Fsp3) is 0.429. The highest BCUT2D eigenvalue weighted by molar-refractivity contribution is 9.10. The fourth-order valence-corrected chi connectivity index (χ4v) is 4.25. The van der Waals surface area contributed by atoms with Crippen LogP contribution in [0.5, 0.6) is 17.2 Å². The third-order valence-corrected chi connectivity index (χ3v) is 5.73. The maximum atomic E-state index is 5.54. The fourth-order valence-electron chi connectivity index (χ4n) is 3.65. The van der Waals surface area contributed by atoms with E-state index in [0.29, 0.717) is 0 Å². The van der Waals surface area contributed by atoms with Gasteiger partial charge in [0.05, 0.1) is 24.8 Å². The highest BCUT2D eigenvalue weighted by Gasteiger charge is 2.23. The highest BCUT2D eigenvalue weighted by atomic mass is 79.9. The Labute approximate surface area is 173 Å². The summed E-state index contributed by atoms with van der Waals surface area (Å²) in [6.07, 6.45) is 0. The number of fused-ring (bicyclic) bond motifs is 1. The van der Waals surface area contributed by atoms with E-state index in [1.807, 2.05) is 18.2 Å². The summed E-state index contributed by atoms with van der Waals surface area (Å²) in [5, 5.41) is 3.61. The largest absolute Gasteiger partial charge is 0.497 e. The molecule has 7 heteroatoms. The lowest BCUT2D eigenvalue weighted by atomic mass is 10.0. The quantitative estimate of drug-likeness (QED) is 0.700. The zero-order valence-corrected chi connectivity index (χ0v) is 17.5. The topological polar surface area (TPSA) is 52.2 Å². The van der Waals surface area contributed by atoms with Crippen molar-refractivity contribution in [1.82, 2.24) is 10.2 Å². The predicted molar refractivity (Wildman–Crippen MR) is 110 cm³/mol. The third-order valence-electron chi connectivity index (χ3n) is 5.14. The van der Waals surface area contributed by atoms with E-state index in [9.17, 15) is 0 Å². The van der Waals surface area contributed by atoms with Crippen LogP contribution in [0.15, 0.2) is 40.9 Å². The summed E-state index contributed by atoms with van der Waals surface area (Å²) in [7, 11) is 1.69. The van der Waals surface area contributed by atoms with E-state index in [4.69, 9.17) is 18.9 Å². The molecule has 2 aliphatic heterocycles. The Morgan fingerprint density at radius 3 is 2.68 bits per heavy atom. The molecule has 6 nitrogen and oxygen atoms in total. The number of hydrogen-bond acceptors (Lipinski definition) is 6. The number of ether oxygens (including phenoxy) is 4. The minimum Gasteiger partial charge on any atom is -0.497 e. The molecule has 0 radical (unpaired) electrons. The van der Waals surface area contributed by atoms with Crippen molar-refractivity contribution >= 4 is 15.9 Å². The number of halogens is 1. The van der Waals surface area contributed by atoms with Gasteiger partial charge in [-0.2, -0.15) is 0 Å². The SMILES string of the molecule is COc1ccc(C(CNCc2cc(Br)c3c(c2)OCO3)N2CCOCC2)cc1. The van der Waals surface area contributed by atoms with E-state index in [1.165, 1.54) is 5.56 Å². The van der Waals surface area contributed by atoms with Gasteiger partial charge in [0, 0.05) is 32.2 Å². The normalized spacial score (nSPS) is 17.5. The van der Waals surface area contributed by atoms with E-state index in [-0.39, 0.29) is 12.8 Å². The maximum Gasteiger partial charge on any atom is 0.231 e. The van der Waals surface area contributed by atoms with Crippen LogP contribution in [0.25, 0.3) is 0 Å². The summed E-state index contributed by atoms with van der Waals surface area (Å²) in [6, 6.07) is 12.8. The molecule has 0 aromatic heterocycles. The Balaban J connectivity index is 1.44. The van der Waals surface area contributed by atoms with E-state index in [2.05, 4.69) is 44.3 Å². The van der Waals surface area contributed by atoms with Crippen molar-refractivity contribution in [2.75, 3.05) is 46.8 Å². The number of methoxy groups -OCH3 is 1. The molecule has 1 fully saturated rings. The molecule has 0 saturated carbocycles. The summed E-state index contributed by atoms with van der Waals surface area (Å²) in [4.78, 5) is 2.48. The van der Waals surface area contributed by atoms with Crippen molar-refractivity contribution in [2.24, 2.45) is 0 Å². The highest BCUT2D eigenvalue weighted by Crippen LogP contribution is 2.40. The van der Waals surface area contributed by atoms with Gasteiger partial charge in [0.25, 0.3) is 0 Å². The monoisotopic (exact) mass is 448 g/mol. The first-order valence-corrected chi connectivity index (χ1v) is 10.3. The van der Waals surface area contributed by atoms with Crippen LogP contribution in [-0.2, 0) is 11.3 Å². The average molecular weight is 449 g/mol. The van der Waals surface area contributed by atoms with Crippen molar-refractivity contribution in [1.29, 1.82) is 0 Å². The second kappa shape index (κ2) is 9.13.